The Kier molecular flexibility index (Phi) is 5.75. The van der Waals surface area contributed by atoms with Crippen molar-refractivity contribution in [1.29, 1.82) is 5.26 Å². The van der Waals surface area contributed by atoms with E-state index >= 15 is 0 Å². The normalized spacial score (nSPS) is 17.6. The van der Waals surface area contributed by atoms with Crippen molar-refractivity contribution in [2.75, 3.05) is 26.2 Å². The van der Waals surface area contributed by atoms with Crippen LogP contribution in [0.3, 0.4) is 0 Å². The maximum Gasteiger partial charge on any atom is 0.246 e. The van der Waals surface area contributed by atoms with Crippen molar-refractivity contribution in [1.82, 2.24) is 4.90 Å². The summed E-state index contributed by atoms with van der Waals surface area (Å²) in [5, 5.41) is 18.5. The molecule has 1 amide bonds. The first-order valence-electron chi connectivity index (χ1n) is 7.43. The number of nitrogens with two attached hydrogens (primary N) is 1. The molecule has 1 aliphatic rings. The first kappa shape index (κ1) is 16.3. The zero-order valence-corrected chi connectivity index (χ0v) is 12.4. The van der Waals surface area contributed by atoms with Gasteiger partial charge in [0.25, 0.3) is 0 Å². The van der Waals surface area contributed by atoms with Gasteiger partial charge in [-0.3, -0.25) is 9.69 Å². The lowest BCUT2D eigenvalue weighted by molar-refractivity contribution is -0.129. The third kappa shape index (κ3) is 4.45. The topological polar surface area (TPSA) is 99.6 Å². The quantitative estimate of drug-likeness (QED) is 0.797. The predicted molar refractivity (Wildman–Crippen MR) is 81.0 cm³/mol. The van der Waals surface area contributed by atoms with Gasteiger partial charge in [0.1, 0.15) is 18.5 Å². The number of ether oxygens (including phenoxy) is 1. The number of carbonyl (C=O) groups excluding carboxylic acids is 1. The lowest BCUT2D eigenvalue weighted by Gasteiger charge is -2.33. The standard InChI is InChI=1S/C16H21N3O3/c17-11-12-2-1-3-14(10-12)22-9-8-19-6-4-13(5-7-19)15(20)16(18)21/h1-3,10,13,15,20H,4-9H2,(H2,18,21)/t15-/m0/s1. The molecule has 0 bridgehead atoms. The van der Waals surface area contributed by atoms with E-state index in [2.05, 4.69) is 11.0 Å². The highest BCUT2D eigenvalue weighted by atomic mass is 16.5. The molecule has 1 heterocycles. The Hall–Kier alpha value is -2.10. The first-order chi connectivity index (χ1) is 10.6. The number of benzene rings is 1. The number of primary amides is 1. The molecule has 1 saturated heterocycles. The van der Waals surface area contributed by atoms with Crippen LogP contribution in [-0.2, 0) is 4.79 Å². The molecule has 3 N–H and O–H groups in total. The number of nitrogens with zero attached hydrogens (tertiary/aromatic N) is 2. The highest BCUT2D eigenvalue weighted by molar-refractivity contribution is 5.78. The molecule has 22 heavy (non-hydrogen) atoms. The summed E-state index contributed by atoms with van der Waals surface area (Å²) in [6.45, 7) is 2.95. The van der Waals surface area contributed by atoms with Gasteiger partial charge in [0, 0.05) is 6.54 Å². The molecule has 1 aromatic carbocycles. The van der Waals surface area contributed by atoms with Gasteiger partial charge in [-0.25, -0.2) is 0 Å². The predicted octanol–water partition coefficient (Wildman–Crippen LogP) is 0.495. The van der Waals surface area contributed by atoms with Crippen LogP contribution in [0.2, 0.25) is 0 Å². The van der Waals surface area contributed by atoms with Crippen molar-refractivity contribution >= 4 is 5.91 Å². The molecule has 1 atom stereocenters. The van der Waals surface area contributed by atoms with Gasteiger partial charge in [-0.1, -0.05) is 6.07 Å². The summed E-state index contributed by atoms with van der Waals surface area (Å²) in [6, 6.07) is 9.16. The number of aliphatic hydroxyl groups excluding tert-OH is 1. The molecule has 1 aromatic rings. The van der Waals surface area contributed by atoms with Crippen LogP contribution in [0.5, 0.6) is 5.75 Å². The van der Waals surface area contributed by atoms with Gasteiger partial charge in [-0.2, -0.15) is 5.26 Å². The molecule has 0 aliphatic carbocycles. The first-order valence-corrected chi connectivity index (χ1v) is 7.43. The second-order valence-corrected chi connectivity index (χ2v) is 5.51. The average molecular weight is 303 g/mol. The Morgan fingerprint density at radius 2 is 2.23 bits per heavy atom. The van der Waals surface area contributed by atoms with Gasteiger partial charge < -0.3 is 15.6 Å². The van der Waals surface area contributed by atoms with E-state index < -0.39 is 12.0 Å². The van der Waals surface area contributed by atoms with E-state index in [1.165, 1.54) is 0 Å². The third-order valence-electron chi connectivity index (χ3n) is 4.01. The van der Waals surface area contributed by atoms with E-state index in [-0.39, 0.29) is 5.92 Å². The van der Waals surface area contributed by atoms with Gasteiger partial charge >= 0.3 is 0 Å². The zero-order valence-electron chi connectivity index (χ0n) is 12.4. The molecular formula is C16H21N3O3. The molecule has 6 heteroatoms. The lowest BCUT2D eigenvalue weighted by atomic mass is 9.91. The Morgan fingerprint density at radius 1 is 1.50 bits per heavy atom. The van der Waals surface area contributed by atoms with Gasteiger partial charge in [-0.15, -0.1) is 0 Å². The van der Waals surface area contributed by atoms with E-state index in [0.717, 1.165) is 32.5 Å². The molecule has 0 saturated carbocycles. The van der Waals surface area contributed by atoms with Crippen LogP contribution in [0.25, 0.3) is 0 Å². The van der Waals surface area contributed by atoms with Gasteiger partial charge in [0.2, 0.25) is 5.91 Å². The Labute approximate surface area is 130 Å². The molecule has 0 radical (unpaired) electrons. The molecule has 0 aromatic heterocycles. The summed E-state index contributed by atoms with van der Waals surface area (Å²) in [5.74, 6) is 0.0132. The third-order valence-corrected chi connectivity index (χ3v) is 4.01. The van der Waals surface area contributed by atoms with Crippen molar-refractivity contribution < 1.29 is 14.6 Å². The van der Waals surface area contributed by atoms with Gasteiger partial charge in [0.15, 0.2) is 0 Å². The summed E-state index contributed by atoms with van der Waals surface area (Å²) in [7, 11) is 0. The summed E-state index contributed by atoms with van der Waals surface area (Å²) >= 11 is 0. The van der Waals surface area contributed by atoms with Gasteiger partial charge in [0.05, 0.1) is 11.6 Å². The highest BCUT2D eigenvalue weighted by Gasteiger charge is 2.28. The van der Waals surface area contributed by atoms with Crippen LogP contribution in [0, 0.1) is 17.2 Å². The number of aliphatic hydroxyl groups is 1. The SMILES string of the molecule is N#Cc1cccc(OCCN2CCC([C@H](O)C(N)=O)CC2)c1. The van der Waals surface area contributed by atoms with Crippen LogP contribution in [0.4, 0.5) is 0 Å². The van der Waals surface area contributed by atoms with Crippen molar-refractivity contribution in [2.24, 2.45) is 11.7 Å². The molecule has 6 nitrogen and oxygen atoms in total. The largest absolute Gasteiger partial charge is 0.492 e. The number of hydrogen-bond acceptors (Lipinski definition) is 5. The maximum atomic E-state index is 11.0. The van der Waals surface area contributed by atoms with Crippen molar-refractivity contribution in [3.05, 3.63) is 29.8 Å². The second kappa shape index (κ2) is 7.78. The molecular weight excluding hydrogens is 282 g/mol. The van der Waals surface area contributed by atoms with Crippen molar-refractivity contribution in [3.63, 3.8) is 0 Å². The Bertz CT molecular complexity index is 548. The van der Waals surface area contributed by atoms with Crippen molar-refractivity contribution in [2.45, 2.75) is 18.9 Å². The molecule has 1 aliphatic heterocycles. The monoisotopic (exact) mass is 303 g/mol. The van der Waals surface area contributed by atoms with Crippen LogP contribution in [-0.4, -0.2) is 48.3 Å². The van der Waals surface area contributed by atoms with E-state index in [4.69, 9.17) is 15.7 Å². The van der Waals surface area contributed by atoms with Crippen LogP contribution in [0.15, 0.2) is 24.3 Å². The lowest BCUT2D eigenvalue weighted by Crippen LogP contribution is -2.43. The van der Waals surface area contributed by atoms with E-state index in [9.17, 15) is 9.90 Å². The van der Waals surface area contributed by atoms with E-state index in [1.54, 1.807) is 18.2 Å². The number of rotatable bonds is 6. The summed E-state index contributed by atoms with van der Waals surface area (Å²) < 4.78 is 5.65. The summed E-state index contributed by atoms with van der Waals surface area (Å²) in [6.07, 6.45) is 0.481. The Morgan fingerprint density at radius 3 is 2.86 bits per heavy atom. The average Bonchev–Trinajstić information content (AvgIpc) is 2.55. The van der Waals surface area contributed by atoms with Gasteiger partial charge in [-0.05, 0) is 50.0 Å². The molecule has 2 rings (SSSR count). The number of hydrogen-bond donors (Lipinski definition) is 2. The smallest absolute Gasteiger partial charge is 0.246 e. The molecule has 118 valence electrons. The van der Waals surface area contributed by atoms with E-state index in [0.29, 0.717) is 17.9 Å². The number of nitriles is 1. The minimum absolute atomic E-state index is 0.0398. The maximum absolute atomic E-state index is 11.0. The number of carbonyl (C=O) groups is 1. The molecule has 0 spiro atoms. The fourth-order valence-electron chi connectivity index (χ4n) is 2.67. The number of amides is 1. The van der Waals surface area contributed by atoms with Crippen molar-refractivity contribution in [3.8, 4) is 11.8 Å². The number of piperidine rings is 1. The zero-order chi connectivity index (χ0) is 15.9. The van der Waals surface area contributed by atoms with E-state index in [1.807, 2.05) is 6.07 Å². The summed E-state index contributed by atoms with van der Waals surface area (Å²) in [5.41, 5.74) is 5.71. The molecule has 1 fully saturated rings. The Balaban J connectivity index is 1.71. The van der Waals surface area contributed by atoms with Crippen LogP contribution < -0.4 is 10.5 Å². The fourth-order valence-corrected chi connectivity index (χ4v) is 2.67. The fraction of sp³-hybridized carbons (Fsp3) is 0.500. The summed E-state index contributed by atoms with van der Waals surface area (Å²) in [4.78, 5) is 13.2. The minimum Gasteiger partial charge on any atom is -0.492 e. The number of likely N-dealkylation sites (tertiary alicyclic amines) is 1. The second-order valence-electron chi connectivity index (χ2n) is 5.51. The highest BCUT2D eigenvalue weighted by Crippen LogP contribution is 2.20. The minimum atomic E-state index is -1.04. The van der Waals surface area contributed by atoms with Crippen LogP contribution >= 0.6 is 0 Å². The molecule has 0 unspecified atom stereocenters. The van der Waals surface area contributed by atoms with Crippen LogP contribution in [0.1, 0.15) is 18.4 Å².